The minimum absolute atomic E-state index is 0. The Labute approximate surface area is 108 Å². The summed E-state index contributed by atoms with van der Waals surface area (Å²) in [6, 6.07) is 0.494. The second-order valence-corrected chi connectivity index (χ2v) is 4.36. The zero-order valence-corrected chi connectivity index (χ0v) is 11.1. The van der Waals surface area contributed by atoms with Gasteiger partial charge in [0.2, 0.25) is 5.89 Å². The second-order valence-electron chi connectivity index (χ2n) is 4.36. The Bertz CT molecular complexity index is 331. The van der Waals surface area contributed by atoms with E-state index in [2.05, 4.69) is 22.0 Å². The van der Waals surface area contributed by atoms with E-state index in [4.69, 9.17) is 10.3 Å². The molecule has 2 N–H and O–H groups in total. The van der Waals surface area contributed by atoms with E-state index >= 15 is 0 Å². The number of hydrogen-bond donors (Lipinski definition) is 1. The van der Waals surface area contributed by atoms with Gasteiger partial charge in [-0.3, -0.25) is 4.90 Å². The Kier molecular flexibility index (Phi) is 5.88. The van der Waals surface area contributed by atoms with Gasteiger partial charge in [0, 0.05) is 19.0 Å². The molecule has 1 saturated heterocycles. The molecule has 0 bridgehead atoms. The summed E-state index contributed by atoms with van der Waals surface area (Å²) in [6.07, 6.45) is 4.32. The predicted molar refractivity (Wildman–Crippen MR) is 68.0 cm³/mol. The molecule has 1 unspecified atom stereocenters. The molecule has 1 atom stereocenters. The van der Waals surface area contributed by atoms with Crippen molar-refractivity contribution in [2.45, 2.75) is 45.2 Å². The van der Waals surface area contributed by atoms with Gasteiger partial charge < -0.3 is 10.3 Å². The molecule has 1 aromatic rings. The number of aromatic nitrogens is 2. The fraction of sp³-hybridized carbons (Fsp3) is 0.818. The van der Waals surface area contributed by atoms with E-state index in [0.29, 0.717) is 6.04 Å². The van der Waals surface area contributed by atoms with Crippen LogP contribution in [0, 0.1) is 0 Å². The fourth-order valence-electron chi connectivity index (χ4n) is 2.22. The summed E-state index contributed by atoms with van der Waals surface area (Å²) in [4.78, 5) is 6.72. The quantitative estimate of drug-likeness (QED) is 0.866. The molecular weight excluding hydrogens is 240 g/mol. The number of hydrogen-bond acceptors (Lipinski definition) is 5. The first-order chi connectivity index (χ1) is 7.83. The summed E-state index contributed by atoms with van der Waals surface area (Å²) >= 11 is 0. The van der Waals surface area contributed by atoms with Crippen LogP contribution in [0.15, 0.2) is 4.52 Å². The van der Waals surface area contributed by atoms with E-state index in [-0.39, 0.29) is 12.4 Å². The first-order valence-corrected chi connectivity index (χ1v) is 6.09. The minimum Gasteiger partial charge on any atom is -0.339 e. The molecule has 0 spiro atoms. The molecule has 2 heterocycles. The predicted octanol–water partition coefficient (Wildman–Crippen LogP) is 1.37. The summed E-state index contributed by atoms with van der Waals surface area (Å²) in [6.45, 7) is 4.70. The van der Waals surface area contributed by atoms with Gasteiger partial charge in [0.15, 0.2) is 5.82 Å². The minimum atomic E-state index is 0. The monoisotopic (exact) mass is 260 g/mol. The van der Waals surface area contributed by atoms with Crippen molar-refractivity contribution in [3.63, 3.8) is 0 Å². The van der Waals surface area contributed by atoms with Crippen molar-refractivity contribution in [2.24, 2.45) is 5.73 Å². The molecule has 0 amide bonds. The molecule has 6 heteroatoms. The van der Waals surface area contributed by atoms with E-state index in [0.717, 1.165) is 44.2 Å². The van der Waals surface area contributed by atoms with Crippen LogP contribution in [-0.2, 0) is 13.0 Å². The third-order valence-corrected chi connectivity index (χ3v) is 3.09. The number of rotatable bonds is 5. The molecule has 1 aromatic heterocycles. The molecule has 2 rings (SSSR count). The highest BCUT2D eigenvalue weighted by atomic mass is 35.5. The average Bonchev–Trinajstić information content (AvgIpc) is 2.89. The van der Waals surface area contributed by atoms with Crippen LogP contribution >= 0.6 is 12.4 Å². The van der Waals surface area contributed by atoms with E-state index in [9.17, 15) is 0 Å². The van der Waals surface area contributed by atoms with Crippen molar-refractivity contribution < 1.29 is 4.52 Å². The van der Waals surface area contributed by atoms with Crippen LogP contribution in [0.5, 0.6) is 0 Å². The van der Waals surface area contributed by atoms with Crippen molar-refractivity contribution in [1.29, 1.82) is 0 Å². The van der Waals surface area contributed by atoms with Crippen molar-refractivity contribution >= 4 is 12.4 Å². The lowest BCUT2D eigenvalue weighted by Crippen LogP contribution is -2.35. The zero-order valence-electron chi connectivity index (χ0n) is 10.3. The number of aryl methyl sites for hydroxylation is 1. The van der Waals surface area contributed by atoms with Crippen LogP contribution in [0.2, 0.25) is 0 Å². The van der Waals surface area contributed by atoms with Crippen molar-refractivity contribution in [3.8, 4) is 0 Å². The van der Waals surface area contributed by atoms with Crippen molar-refractivity contribution in [1.82, 2.24) is 15.0 Å². The Hall–Kier alpha value is -0.650. The molecule has 0 radical (unpaired) electrons. The van der Waals surface area contributed by atoms with E-state index in [1.54, 1.807) is 0 Å². The highest BCUT2D eigenvalue weighted by Crippen LogP contribution is 2.18. The van der Waals surface area contributed by atoms with Gasteiger partial charge in [-0.1, -0.05) is 12.1 Å². The van der Waals surface area contributed by atoms with Crippen LogP contribution in [0.4, 0.5) is 0 Å². The summed E-state index contributed by atoms with van der Waals surface area (Å²) in [5, 5.41) is 4.00. The van der Waals surface area contributed by atoms with Gasteiger partial charge in [-0.25, -0.2) is 0 Å². The van der Waals surface area contributed by atoms with Crippen LogP contribution in [0.25, 0.3) is 0 Å². The van der Waals surface area contributed by atoms with Gasteiger partial charge in [0.1, 0.15) is 0 Å². The summed E-state index contributed by atoms with van der Waals surface area (Å²) in [5.74, 6) is 1.55. The smallest absolute Gasteiger partial charge is 0.226 e. The van der Waals surface area contributed by atoms with Gasteiger partial charge in [0.05, 0.1) is 6.54 Å². The molecule has 98 valence electrons. The Balaban J connectivity index is 0.00000144. The van der Waals surface area contributed by atoms with E-state index in [1.165, 1.54) is 12.8 Å². The average molecular weight is 261 g/mol. The third-order valence-electron chi connectivity index (χ3n) is 3.09. The number of nitrogens with zero attached hydrogens (tertiary/aromatic N) is 3. The first-order valence-electron chi connectivity index (χ1n) is 6.09. The largest absolute Gasteiger partial charge is 0.339 e. The van der Waals surface area contributed by atoms with Gasteiger partial charge >= 0.3 is 0 Å². The summed E-state index contributed by atoms with van der Waals surface area (Å²) in [7, 11) is 0. The number of likely N-dealkylation sites (tertiary alicyclic amines) is 1. The third kappa shape index (κ3) is 3.66. The van der Waals surface area contributed by atoms with Gasteiger partial charge in [0.25, 0.3) is 0 Å². The Morgan fingerprint density at radius 1 is 1.53 bits per heavy atom. The SMILES string of the molecule is CCCc1nc(CN2CCCC2CN)no1.Cl. The number of halogens is 1. The molecular formula is C11H21ClN4O. The zero-order chi connectivity index (χ0) is 11.4. The standard InChI is InChI=1S/C11H20N4O.ClH/c1-2-4-11-13-10(14-16-11)8-15-6-3-5-9(15)7-12;/h9H,2-8,12H2,1H3;1H. The molecule has 1 aliphatic heterocycles. The Morgan fingerprint density at radius 2 is 2.35 bits per heavy atom. The maximum atomic E-state index is 5.72. The van der Waals surface area contributed by atoms with Gasteiger partial charge in [-0.15, -0.1) is 12.4 Å². The Morgan fingerprint density at radius 3 is 3.06 bits per heavy atom. The highest BCUT2D eigenvalue weighted by molar-refractivity contribution is 5.85. The maximum Gasteiger partial charge on any atom is 0.226 e. The number of nitrogens with two attached hydrogens (primary N) is 1. The lowest BCUT2D eigenvalue weighted by Gasteiger charge is -2.20. The van der Waals surface area contributed by atoms with Gasteiger partial charge in [-0.05, 0) is 25.8 Å². The lowest BCUT2D eigenvalue weighted by molar-refractivity contribution is 0.240. The van der Waals surface area contributed by atoms with E-state index in [1.807, 2.05) is 0 Å². The van der Waals surface area contributed by atoms with Crippen LogP contribution in [0.1, 0.15) is 37.9 Å². The fourth-order valence-corrected chi connectivity index (χ4v) is 2.22. The summed E-state index contributed by atoms with van der Waals surface area (Å²) < 4.78 is 5.17. The molecule has 0 saturated carbocycles. The normalized spacial score (nSPS) is 20.5. The van der Waals surface area contributed by atoms with E-state index < -0.39 is 0 Å². The first kappa shape index (κ1) is 14.4. The molecule has 17 heavy (non-hydrogen) atoms. The van der Waals surface area contributed by atoms with Gasteiger partial charge in [-0.2, -0.15) is 4.98 Å². The van der Waals surface area contributed by atoms with Crippen LogP contribution in [0.3, 0.4) is 0 Å². The topological polar surface area (TPSA) is 68.2 Å². The highest BCUT2D eigenvalue weighted by Gasteiger charge is 2.24. The van der Waals surface area contributed by atoms with Crippen molar-refractivity contribution in [2.75, 3.05) is 13.1 Å². The van der Waals surface area contributed by atoms with Crippen LogP contribution in [-0.4, -0.2) is 34.2 Å². The molecule has 1 aliphatic rings. The summed E-state index contributed by atoms with van der Waals surface area (Å²) in [5.41, 5.74) is 5.72. The molecule has 0 aromatic carbocycles. The second kappa shape index (κ2) is 6.93. The van der Waals surface area contributed by atoms with Crippen molar-refractivity contribution in [3.05, 3.63) is 11.7 Å². The lowest BCUT2D eigenvalue weighted by atomic mass is 10.2. The van der Waals surface area contributed by atoms with Crippen LogP contribution < -0.4 is 5.73 Å². The molecule has 1 fully saturated rings. The maximum absolute atomic E-state index is 5.72. The molecule has 0 aliphatic carbocycles. The molecule has 5 nitrogen and oxygen atoms in total.